The van der Waals surface area contributed by atoms with Crippen LogP contribution in [0.25, 0.3) is 0 Å². The summed E-state index contributed by atoms with van der Waals surface area (Å²) in [5.41, 5.74) is -2.13. The normalized spacial score (nSPS) is 26.7. The smallest absolute Gasteiger partial charge is 0.339 e. The molecule has 0 N–H and O–H groups in total. The Morgan fingerprint density at radius 3 is 2.14 bits per heavy atom. The molecule has 0 spiro atoms. The second-order valence-corrected chi connectivity index (χ2v) is 9.89. The van der Waals surface area contributed by atoms with Gasteiger partial charge in [0.1, 0.15) is 0 Å². The summed E-state index contributed by atoms with van der Waals surface area (Å²) in [5, 5.41) is 22.7. The number of ketones is 1. The molecule has 0 aliphatic heterocycles. The minimum absolute atomic E-state index is 0.0133. The lowest BCUT2D eigenvalue weighted by Crippen LogP contribution is -2.46. The van der Waals surface area contributed by atoms with Crippen molar-refractivity contribution in [3.8, 4) is 0 Å². The number of rotatable bonds is 8. The Morgan fingerprint density at radius 2 is 1.61 bits per heavy atom. The molecule has 11 nitrogen and oxygen atoms in total. The molecule has 0 heterocycles. The van der Waals surface area contributed by atoms with Crippen molar-refractivity contribution in [2.45, 2.75) is 65.3 Å². The van der Waals surface area contributed by atoms with E-state index in [0.29, 0.717) is 6.42 Å². The number of allylic oxidation sites excluding steroid dienone is 2. The van der Waals surface area contributed by atoms with Crippen LogP contribution < -0.4 is 0 Å². The van der Waals surface area contributed by atoms with E-state index in [1.54, 1.807) is 27.7 Å². The number of benzene rings is 1. The van der Waals surface area contributed by atoms with E-state index in [9.17, 15) is 29.8 Å². The van der Waals surface area contributed by atoms with Gasteiger partial charge in [-0.05, 0) is 46.5 Å². The van der Waals surface area contributed by atoms with E-state index in [1.807, 2.05) is 13.0 Å². The number of hydrogen-bond acceptors (Lipinski definition) is 9. The van der Waals surface area contributed by atoms with Crippen molar-refractivity contribution < 1.29 is 33.6 Å². The fourth-order valence-corrected chi connectivity index (χ4v) is 5.67. The highest BCUT2D eigenvalue weighted by molar-refractivity contribution is 6.03. The Bertz CT molecular complexity index is 1180. The average Bonchev–Trinajstić information content (AvgIpc) is 3.42. The number of Topliss-reactive ketones (excluding diaryl/α,β-unsaturated/α-hetero) is 1. The molecule has 0 saturated heterocycles. The molecular weight excluding hydrogens is 472 g/mol. The van der Waals surface area contributed by atoms with E-state index in [1.165, 1.54) is 0 Å². The number of nitrogens with zero attached hydrogens (tertiary/aromatic N) is 2. The van der Waals surface area contributed by atoms with Gasteiger partial charge >= 0.3 is 5.97 Å². The van der Waals surface area contributed by atoms with Crippen LogP contribution in [0.3, 0.4) is 0 Å². The number of nitro groups is 2. The Morgan fingerprint density at radius 1 is 1.03 bits per heavy atom. The van der Waals surface area contributed by atoms with E-state index < -0.39 is 38.7 Å². The van der Waals surface area contributed by atoms with Gasteiger partial charge in [0.05, 0.1) is 39.6 Å². The molecule has 0 bridgehead atoms. The Labute approximate surface area is 207 Å². The van der Waals surface area contributed by atoms with Crippen molar-refractivity contribution in [1.29, 1.82) is 0 Å². The van der Waals surface area contributed by atoms with Gasteiger partial charge in [0.25, 0.3) is 11.4 Å². The fourth-order valence-electron chi connectivity index (χ4n) is 5.67. The van der Waals surface area contributed by atoms with Crippen LogP contribution >= 0.6 is 0 Å². The average molecular weight is 501 g/mol. The lowest BCUT2D eigenvalue weighted by Gasteiger charge is -2.36. The zero-order valence-electron chi connectivity index (χ0n) is 20.7. The van der Waals surface area contributed by atoms with Gasteiger partial charge < -0.3 is 14.2 Å². The summed E-state index contributed by atoms with van der Waals surface area (Å²) in [4.78, 5) is 48.3. The Hall–Kier alpha value is -3.76. The maximum Gasteiger partial charge on any atom is 0.339 e. The molecule has 192 valence electrons. The van der Waals surface area contributed by atoms with Crippen LogP contribution in [-0.4, -0.2) is 39.4 Å². The van der Waals surface area contributed by atoms with E-state index in [4.69, 9.17) is 14.2 Å². The van der Waals surface area contributed by atoms with E-state index in [2.05, 4.69) is 0 Å². The summed E-state index contributed by atoms with van der Waals surface area (Å²) in [6.45, 7) is 8.99. The molecule has 4 rings (SSSR count). The second kappa shape index (κ2) is 9.03. The highest BCUT2D eigenvalue weighted by atomic mass is 16.6. The molecule has 11 heteroatoms. The van der Waals surface area contributed by atoms with Crippen molar-refractivity contribution in [3.05, 3.63) is 67.2 Å². The lowest BCUT2D eigenvalue weighted by molar-refractivity contribution is -0.394. The molecule has 0 aromatic heterocycles. The largest absolute Gasteiger partial charge is 0.487 e. The molecule has 4 atom stereocenters. The van der Waals surface area contributed by atoms with Crippen molar-refractivity contribution in [2.75, 3.05) is 0 Å². The third-order valence-corrected chi connectivity index (χ3v) is 6.84. The van der Waals surface area contributed by atoms with Gasteiger partial charge in [-0.25, -0.2) is 4.79 Å². The van der Waals surface area contributed by atoms with Crippen molar-refractivity contribution in [1.82, 2.24) is 0 Å². The van der Waals surface area contributed by atoms with Gasteiger partial charge in [-0.15, -0.1) is 0 Å². The summed E-state index contributed by atoms with van der Waals surface area (Å²) < 4.78 is 18.2. The first-order chi connectivity index (χ1) is 16.9. The summed E-state index contributed by atoms with van der Waals surface area (Å²) >= 11 is 0. The van der Waals surface area contributed by atoms with Crippen molar-refractivity contribution >= 4 is 23.1 Å². The van der Waals surface area contributed by atoms with Crippen LogP contribution in [0.5, 0.6) is 0 Å². The van der Waals surface area contributed by atoms with Crippen LogP contribution in [-0.2, 0) is 19.0 Å². The van der Waals surface area contributed by atoms with Gasteiger partial charge in [-0.2, -0.15) is 0 Å². The van der Waals surface area contributed by atoms with E-state index in [-0.39, 0.29) is 46.9 Å². The van der Waals surface area contributed by atoms with Gasteiger partial charge in [-0.3, -0.25) is 25.0 Å². The molecule has 3 aliphatic rings. The first-order valence-electron chi connectivity index (χ1n) is 11.9. The van der Waals surface area contributed by atoms with Gasteiger partial charge in [0.15, 0.2) is 11.4 Å². The van der Waals surface area contributed by atoms with Gasteiger partial charge in [0.2, 0.25) is 11.5 Å². The van der Waals surface area contributed by atoms with E-state index in [0.717, 1.165) is 30.2 Å². The minimum Gasteiger partial charge on any atom is -0.487 e. The highest BCUT2D eigenvalue weighted by Crippen LogP contribution is 2.63. The van der Waals surface area contributed by atoms with Crippen LogP contribution in [0.4, 0.5) is 11.4 Å². The number of carbonyl (C=O) groups excluding carboxylic acids is 2. The monoisotopic (exact) mass is 500 g/mol. The van der Waals surface area contributed by atoms with E-state index >= 15 is 0 Å². The third-order valence-electron chi connectivity index (χ3n) is 6.84. The standard InChI is InChI=1S/C25H28N2O9/c1-12(2)34-22-21(28)20-14(5)18-7-6-8-19(18)25(20,23(22)35-13(3)4)36-24(29)15-9-16(26(30)31)11-17(10-15)27(32)33/h7,9-14,19-20H,6,8H2,1-5H3/t14-,19-,20-,25+/m0/s1. The maximum absolute atomic E-state index is 13.7. The number of nitro benzene ring substituents is 2. The minimum atomic E-state index is -1.52. The van der Waals surface area contributed by atoms with Crippen molar-refractivity contribution in [2.24, 2.45) is 17.8 Å². The molecule has 1 aromatic rings. The number of esters is 1. The Balaban J connectivity index is 1.88. The summed E-state index contributed by atoms with van der Waals surface area (Å²) in [5.74, 6) is -2.64. The van der Waals surface area contributed by atoms with Gasteiger partial charge in [0, 0.05) is 18.1 Å². The highest BCUT2D eigenvalue weighted by Gasteiger charge is 2.71. The van der Waals surface area contributed by atoms with Crippen LogP contribution in [0.15, 0.2) is 41.4 Å². The number of ether oxygens (including phenoxy) is 3. The van der Waals surface area contributed by atoms with Crippen molar-refractivity contribution in [3.63, 3.8) is 0 Å². The summed E-state index contributed by atoms with van der Waals surface area (Å²) in [6, 6.07) is 2.63. The molecular formula is C25H28N2O9. The lowest BCUT2D eigenvalue weighted by atomic mass is 9.82. The fraction of sp³-hybridized carbons (Fsp3) is 0.520. The molecule has 3 aliphatic carbocycles. The van der Waals surface area contributed by atoms with Crippen LogP contribution in [0, 0.1) is 38.0 Å². The zero-order valence-corrected chi connectivity index (χ0v) is 20.7. The maximum atomic E-state index is 13.7. The number of carbonyl (C=O) groups is 2. The second-order valence-electron chi connectivity index (χ2n) is 9.89. The number of fused-ring (bicyclic) bond motifs is 3. The van der Waals surface area contributed by atoms with Crippen LogP contribution in [0.1, 0.15) is 57.8 Å². The first-order valence-corrected chi connectivity index (χ1v) is 11.9. The topological polar surface area (TPSA) is 148 Å². The molecule has 36 heavy (non-hydrogen) atoms. The SMILES string of the molecule is CC(C)OC1=C(OC(C)C)[C@]2(OC(=O)c3cc([N+](=O)[O-])cc([N+](=O)[O-])c3)[C@H](C1=O)[C@@H](C)C1=CCC[C@@H]12. The molecule has 0 radical (unpaired) electrons. The first kappa shape index (κ1) is 25.3. The molecule has 1 aromatic carbocycles. The number of non-ortho nitro benzene ring substituents is 2. The predicted octanol–water partition coefficient (Wildman–Crippen LogP) is 4.65. The van der Waals surface area contributed by atoms with Crippen LogP contribution in [0.2, 0.25) is 0 Å². The predicted molar refractivity (Wildman–Crippen MR) is 126 cm³/mol. The third kappa shape index (κ3) is 3.92. The molecule has 0 amide bonds. The molecule has 1 saturated carbocycles. The zero-order chi connectivity index (χ0) is 26.5. The Kier molecular flexibility index (Phi) is 6.36. The summed E-state index contributed by atoms with van der Waals surface area (Å²) in [7, 11) is 0. The van der Waals surface area contributed by atoms with Gasteiger partial charge in [-0.1, -0.05) is 18.6 Å². The quantitative estimate of drug-likeness (QED) is 0.215. The number of hydrogen-bond donors (Lipinski definition) is 0. The molecule has 1 fully saturated rings. The molecule has 0 unspecified atom stereocenters. The summed E-state index contributed by atoms with van der Waals surface area (Å²) in [6.07, 6.45) is 2.64.